The van der Waals surface area contributed by atoms with E-state index < -0.39 is 23.8 Å². The van der Waals surface area contributed by atoms with E-state index in [1.165, 1.54) is 9.80 Å². The molecule has 28 heavy (non-hydrogen) atoms. The van der Waals surface area contributed by atoms with Crippen molar-refractivity contribution in [3.8, 4) is 0 Å². The highest BCUT2D eigenvalue weighted by molar-refractivity contribution is 5.93. The zero-order valence-electron chi connectivity index (χ0n) is 16.8. The fourth-order valence-corrected chi connectivity index (χ4v) is 2.56. The number of hydrogen-bond donors (Lipinski definition) is 2. The van der Waals surface area contributed by atoms with E-state index in [4.69, 9.17) is 9.47 Å². The number of urea groups is 1. The average Bonchev–Trinajstić information content (AvgIpc) is 3.03. The van der Waals surface area contributed by atoms with Gasteiger partial charge in [-0.15, -0.1) is 0 Å². The molecule has 1 heterocycles. The van der Waals surface area contributed by atoms with Crippen LogP contribution in [0.15, 0.2) is 24.3 Å². The summed E-state index contributed by atoms with van der Waals surface area (Å²) >= 11 is 0. The largest absolute Gasteiger partial charge is 0.447 e. The van der Waals surface area contributed by atoms with Crippen molar-refractivity contribution in [1.29, 1.82) is 0 Å². The van der Waals surface area contributed by atoms with Gasteiger partial charge < -0.3 is 25.0 Å². The molecule has 4 amide bonds. The molecule has 1 aliphatic heterocycles. The number of anilines is 2. The van der Waals surface area contributed by atoms with Gasteiger partial charge >= 0.3 is 18.2 Å². The first-order valence-corrected chi connectivity index (χ1v) is 9.26. The summed E-state index contributed by atoms with van der Waals surface area (Å²) in [5.41, 5.74) is 0.638. The molecule has 0 aliphatic carbocycles. The summed E-state index contributed by atoms with van der Waals surface area (Å²) < 4.78 is 10.3. The lowest BCUT2D eigenvalue weighted by atomic mass is 10.2. The predicted molar refractivity (Wildman–Crippen MR) is 106 cm³/mol. The van der Waals surface area contributed by atoms with Gasteiger partial charge in [-0.2, -0.15) is 0 Å². The zero-order valence-corrected chi connectivity index (χ0v) is 16.8. The minimum absolute atomic E-state index is 0.275. The van der Waals surface area contributed by atoms with Gasteiger partial charge in [0.25, 0.3) is 0 Å². The Kier molecular flexibility index (Phi) is 7.08. The first-order valence-electron chi connectivity index (χ1n) is 9.26. The highest BCUT2D eigenvalue weighted by atomic mass is 16.6. The zero-order chi connectivity index (χ0) is 20.7. The van der Waals surface area contributed by atoms with Crippen LogP contribution in [0.4, 0.5) is 25.8 Å². The molecule has 9 heteroatoms. The van der Waals surface area contributed by atoms with Crippen LogP contribution < -0.4 is 15.5 Å². The first-order chi connectivity index (χ1) is 13.2. The van der Waals surface area contributed by atoms with Crippen LogP contribution in [0.3, 0.4) is 0 Å². The summed E-state index contributed by atoms with van der Waals surface area (Å²) in [6.45, 7) is 9.18. The Hall–Kier alpha value is -2.97. The fraction of sp³-hybridized carbons (Fsp3) is 0.526. The molecule has 1 aromatic carbocycles. The maximum absolute atomic E-state index is 12.1. The molecular weight excluding hydrogens is 364 g/mol. The van der Waals surface area contributed by atoms with Crippen LogP contribution in [0.25, 0.3) is 0 Å². The van der Waals surface area contributed by atoms with Crippen molar-refractivity contribution in [2.24, 2.45) is 0 Å². The topological polar surface area (TPSA) is 100 Å². The number of carbonyl (C=O) groups excluding carboxylic acids is 3. The lowest BCUT2D eigenvalue weighted by Crippen LogP contribution is -2.42. The second-order valence-corrected chi connectivity index (χ2v) is 7.26. The molecule has 0 spiro atoms. The Balaban J connectivity index is 1.82. The van der Waals surface area contributed by atoms with Crippen LogP contribution in [0.2, 0.25) is 0 Å². The summed E-state index contributed by atoms with van der Waals surface area (Å²) in [4.78, 5) is 38.9. The quantitative estimate of drug-likeness (QED) is 0.775. The molecule has 1 saturated heterocycles. The van der Waals surface area contributed by atoms with Crippen LogP contribution in [0.1, 0.15) is 27.7 Å². The van der Waals surface area contributed by atoms with Crippen LogP contribution in [-0.2, 0) is 9.47 Å². The van der Waals surface area contributed by atoms with E-state index in [0.29, 0.717) is 37.6 Å². The van der Waals surface area contributed by atoms with Gasteiger partial charge in [0.05, 0.1) is 6.54 Å². The summed E-state index contributed by atoms with van der Waals surface area (Å²) in [6, 6.07) is 6.55. The van der Waals surface area contributed by atoms with Crippen molar-refractivity contribution in [1.82, 2.24) is 10.2 Å². The number of nitrogens with zero attached hydrogens (tertiary/aromatic N) is 2. The Labute approximate surface area is 165 Å². The summed E-state index contributed by atoms with van der Waals surface area (Å²) in [7, 11) is 0. The van der Waals surface area contributed by atoms with E-state index >= 15 is 0 Å². The van der Waals surface area contributed by atoms with Gasteiger partial charge in [0, 0.05) is 31.0 Å². The first kappa shape index (κ1) is 21.3. The highest BCUT2D eigenvalue weighted by Crippen LogP contribution is 2.22. The third-order valence-electron chi connectivity index (χ3n) is 3.88. The molecule has 1 aromatic rings. The van der Waals surface area contributed by atoms with Crippen molar-refractivity contribution in [3.05, 3.63) is 24.3 Å². The molecule has 0 atom stereocenters. The van der Waals surface area contributed by atoms with Gasteiger partial charge in [0.15, 0.2) is 0 Å². The summed E-state index contributed by atoms with van der Waals surface area (Å²) in [5.74, 6) is 0. The van der Waals surface area contributed by atoms with E-state index in [1.54, 1.807) is 45.0 Å². The maximum atomic E-state index is 12.1. The van der Waals surface area contributed by atoms with E-state index in [-0.39, 0.29) is 6.54 Å². The van der Waals surface area contributed by atoms with Gasteiger partial charge in [-0.25, -0.2) is 14.4 Å². The number of hydrogen-bond acceptors (Lipinski definition) is 5. The Morgan fingerprint density at radius 2 is 2.07 bits per heavy atom. The lowest BCUT2D eigenvalue weighted by molar-refractivity contribution is 0.0263. The molecule has 0 bridgehead atoms. The second kappa shape index (κ2) is 9.29. The number of likely N-dealkylation sites (N-methyl/N-ethyl adjacent to an activating group) is 1. The number of ether oxygens (including phenoxy) is 2. The van der Waals surface area contributed by atoms with Gasteiger partial charge in [-0.1, -0.05) is 6.07 Å². The fourth-order valence-electron chi connectivity index (χ4n) is 2.56. The van der Waals surface area contributed by atoms with E-state index in [0.717, 1.165) is 0 Å². The minimum atomic E-state index is -0.567. The van der Waals surface area contributed by atoms with Crippen molar-refractivity contribution >= 4 is 29.6 Å². The second-order valence-electron chi connectivity index (χ2n) is 7.26. The van der Waals surface area contributed by atoms with Gasteiger partial charge in [0.1, 0.15) is 12.2 Å². The third kappa shape index (κ3) is 6.33. The van der Waals surface area contributed by atoms with Crippen molar-refractivity contribution in [2.45, 2.75) is 33.3 Å². The van der Waals surface area contributed by atoms with Gasteiger partial charge in [0.2, 0.25) is 0 Å². The van der Waals surface area contributed by atoms with Crippen LogP contribution >= 0.6 is 0 Å². The minimum Gasteiger partial charge on any atom is -0.447 e. The molecule has 154 valence electrons. The van der Waals surface area contributed by atoms with Gasteiger partial charge in [-0.3, -0.25) is 4.90 Å². The van der Waals surface area contributed by atoms with Crippen molar-refractivity contribution in [2.75, 3.05) is 43.0 Å². The molecule has 1 fully saturated rings. The molecule has 9 nitrogen and oxygen atoms in total. The Morgan fingerprint density at radius 3 is 2.68 bits per heavy atom. The van der Waals surface area contributed by atoms with Crippen LogP contribution in [-0.4, -0.2) is 61.5 Å². The van der Waals surface area contributed by atoms with E-state index in [9.17, 15) is 14.4 Å². The normalized spacial score (nSPS) is 13.7. The monoisotopic (exact) mass is 392 g/mol. The summed E-state index contributed by atoms with van der Waals surface area (Å²) in [6.07, 6.45) is -0.814. The predicted octanol–water partition coefficient (Wildman–Crippen LogP) is 3.02. The Bertz CT molecular complexity index is 717. The maximum Gasteiger partial charge on any atom is 0.414 e. The van der Waals surface area contributed by atoms with Gasteiger partial charge in [-0.05, 0) is 45.9 Å². The lowest BCUT2D eigenvalue weighted by Gasteiger charge is -2.26. The number of benzene rings is 1. The smallest absolute Gasteiger partial charge is 0.414 e. The molecule has 0 radical (unpaired) electrons. The number of cyclic esters (lactones) is 1. The number of nitrogens with one attached hydrogen (secondary N) is 2. The number of rotatable bonds is 6. The molecule has 0 unspecified atom stereocenters. The molecule has 2 N–H and O–H groups in total. The molecule has 0 aromatic heterocycles. The SMILES string of the molecule is CCN(CCNC(=O)Nc1cccc(N2CCOC2=O)c1)C(=O)OC(C)(C)C. The van der Waals surface area contributed by atoms with Crippen LogP contribution in [0, 0.1) is 0 Å². The van der Waals surface area contributed by atoms with Crippen LogP contribution in [0.5, 0.6) is 0 Å². The van der Waals surface area contributed by atoms with Crippen molar-refractivity contribution < 1.29 is 23.9 Å². The Morgan fingerprint density at radius 1 is 1.32 bits per heavy atom. The number of carbonyl (C=O) groups is 3. The molecule has 2 rings (SSSR count). The summed E-state index contributed by atoms with van der Waals surface area (Å²) in [5, 5.41) is 5.42. The molecule has 0 saturated carbocycles. The molecule has 1 aliphatic rings. The highest BCUT2D eigenvalue weighted by Gasteiger charge is 2.24. The average molecular weight is 392 g/mol. The third-order valence-corrected chi connectivity index (χ3v) is 3.88. The van der Waals surface area contributed by atoms with E-state index in [2.05, 4.69) is 10.6 Å². The van der Waals surface area contributed by atoms with Crippen molar-refractivity contribution in [3.63, 3.8) is 0 Å². The number of amides is 4. The van der Waals surface area contributed by atoms with E-state index in [1.807, 2.05) is 6.92 Å². The standard InChI is InChI=1S/C19H28N4O5/c1-5-22(17(25)28-19(2,3)4)10-9-20-16(24)21-14-7-6-8-15(13-14)23-11-12-27-18(23)26/h6-8,13H,5,9-12H2,1-4H3,(H2,20,21,24). The molecular formula is C19H28N4O5.